The van der Waals surface area contributed by atoms with Gasteiger partial charge in [0.1, 0.15) is 59.5 Å². The van der Waals surface area contributed by atoms with Crippen LogP contribution in [0.5, 0.6) is 0 Å². The summed E-state index contributed by atoms with van der Waals surface area (Å²) in [5, 5.41) is 28.2. The van der Waals surface area contributed by atoms with Crippen molar-refractivity contribution >= 4 is 59.4 Å². The van der Waals surface area contributed by atoms with E-state index in [0.29, 0.717) is 25.7 Å². The van der Waals surface area contributed by atoms with Gasteiger partial charge in [-0.05, 0) is 98.9 Å². The van der Waals surface area contributed by atoms with Crippen molar-refractivity contribution in [3.63, 3.8) is 0 Å². The SMILES string of the molecule is CC(C)(C)OC(=O)NC(=O)[C@@H](COCc1ccccc1)NC(=O)[C@H](COCc1ccccc1)NC(=O)[C@@H](COCc1ccccc1)NC(=O)[C@H](COCc1ccccc1)N[C@@H]1CCCC[C@H]1N[C@@H](COCc1ccccc1)C(=O)N[C@H](COCc1ccccc1)C(=O)N[C@@H](COCc1ccccc1)C(=O)N[C@H](COCc1ccccc1)C(=O)NC(=O)OC(C)(C)C. The Balaban J connectivity index is 0.998. The van der Waals surface area contributed by atoms with Gasteiger partial charge in [-0.2, -0.15) is 0 Å². The average Bonchev–Trinajstić information content (AvgIpc) is 0.839. The number of hydrogen-bond acceptors (Lipinski definition) is 22. The minimum atomic E-state index is -1.58. The van der Waals surface area contributed by atoms with Gasteiger partial charge in [0.25, 0.3) is 11.8 Å². The molecule has 672 valence electrons. The lowest BCUT2D eigenvalue weighted by Gasteiger charge is -2.37. The third-order valence-corrected chi connectivity index (χ3v) is 19.4. The fourth-order valence-electron chi connectivity index (χ4n) is 13.1. The molecule has 0 spiro atoms. The zero-order valence-electron chi connectivity index (χ0n) is 72.2. The molecular formula is C96H118N10O20. The van der Waals surface area contributed by atoms with Crippen molar-refractivity contribution < 1.29 is 95.3 Å². The molecule has 10 atom stereocenters. The second kappa shape index (κ2) is 52.7. The maximum Gasteiger partial charge on any atom is 0.414 e. The predicted molar refractivity (Wildman–Crippen MR) is 469 cm³/mol. The number of nitrogens with one attached hydrogen (secondary N) is 10. The highest BCUT2D eigenvalue weighted by Gasteiger charge is 2.39. The van der Waals surface area contributed by atoms with Gasteiger partial charge in [-0.1, -0.05) is 255 Å². The molecule has 1 fully saturated rings. The summed E-state index contributed by atoms with van der Waals surface area (Å²) in [5.74, 6) is -7.08. The molecule has 126 heavy (non-hydrogen) atoms. The molecule has 0 saturated heterocycles. The van der Waals surface area contributed by atoms with Gasteiger partial charge in [0.05, 0.1) is 106 Å². The van der Waals surface area contributed by atoms with E-state index in [1.807, 2.05) is 243 Å². The first-order valence-electron chi connectivity index (χ1n) is 42.2. The topological polar surface area (TPSA) is 383 Å². The monoisotopic (exact) mass is 1730 g/mol. The van der Waals surface area contributed by atoms with Crippen LogP contribution in [-0.4, -0.2) is 184 Å². The molecule has 0 radical (unpaired) electrons. The molecule has 10 N–H and O–H groups in total. The van der Waals surface area contributed by atoms with Crippen LogP contribution in [-0.2, 0) is 139 Å². The molecule has 0 heterocycles. The van der Waals surface area contributed by atoms with Crippen molar-refractivity contribution in [3.8, 4) is 0 Å². The van der Waals surface area contributed by atoms with E-state index in [9.17, 15) is 28.8 Å². The van der Waals surface area contributed by atoms with Crippen molar-refractivity contribution in [3.05, 3.63) is 287 Å². The summed E-state index contributed by atoms with van der Waals surface area (Å²) >= 11 is 0. The van der Waals surface area contributed by atoms with E-state index in [1.54, 1.807) is 41.5 Å². The van der Waals surface area contributed by atoms with Crippen LogP contribution in [0.2, 0.25) is 0 Å². The van der Waals surface area contributed by atoms with E-state index in [0.717, 1.165) is 44.5 Å². The quantitative estimate of drug-likeness (QED) is 0.0170. The Labute approximate surface area is 736 Å². The Morgan fingerprint density at radius 3 is 0.579 bits per heavy atom. The Hall–Kier alpha value is -11.9. The number of amides is 10. The second-order valence-electron chi connectivity index (χ2n) is 32.3. The lowest BCUT2D eigenvalue weighted by Crippen LogP contribution is -2.64. The third-order valence-electron chi connectivity index (χ3n) is 19.4. The van der Waals surface area contributed by atoms with Crippen LogP contribution in [0.15, 0.2) is 243 Å². The summed E-state index contributed by atoms with van der Waals surface area (Å²) in [7, 11) is 0. The molecule has 30 nitrogen and oxygen atoms in total. The summed E-state index contributed by atoms with van der Waals surface area (Å²) < 4.78 is 60.2. The Kier molecular flexibility index (Phi) is 41.0. The van der Waals surface area contributed by atoms with Gasteiger partial charge in [0.15, 0.2) is 0 Å². The highest BCUT2D eigenvalue weighted by atomic mass is 16.6. The largest absolute Gasteiger partial charge is 0.444 e. The summed E-state index contributed by atoms with van der Waals surface area (Å²) in [4.78, 5) is 146. The van der Waals surface area contributed by atoms with Crippen LogP contribution in [0.4, 0.5) is 9.59 Å². The molecule has 10 amide bonds. The van der Waals surface area contributed by atoms with Crippen molar-refractivity contribution in [1.82, 2.24) is 53.2 Å². The first-order chi connectivity index (χ1) is 60.8. The maximum absolute atomic E-state index is 15.6. The van der Waals surface area contributed by atoms with E-state index in [-0.39, 0.29) is 66.1 Å². The average molecular weight is 1730 g/mol. The summed E-state index contributed by atoms with van der Waals surface area (Å²) in [6, 6.07) is 59.9. The Morgan fingerprint density at radius 2 is 0.405 bits per heavy atom. The van der Waals surface area contributed by atoms with E-state index < -0.39 is 171 Å². The van der Waals surface area contributed by atoms with Crippen LogP contribution in [0.1, 0.15) is 112 Å². The number of ether oxygens (including phenoxy) is 10. The second-order valence-corrected chi connectivity index (χ2v) is 32.3. The van der Waals surface area contributed by atoms with Crippen LogP contribution >= 0.6 is 0 Å². The Morgan fingerprint density at radius 1 is 0.246 bits per heavy atom. The number of imide groups is 2. The molecule has 0 unspecified atom stereocenters. The molecule has 8 aromatic carbocycles. The zero-order valence-corrected chi connectivity index (χ0v) is 72.2. The molecule has 1 aliphatic carbocycles. The van der Waals surface area contributed by atoms with E-state index in [1.165, 1.54) is 0 Å². The summed E-state index contributed by atoms with van der Waals surface area (Å²) in [6.07, 6.45) is 0.0335. The standard InChI is InChI=1S/C96H118N10O20/c1-95(2,3)125-93(115)105-91(113)83(65-123-57-73-45-27-13-28-46-73)103-89(111)81(63-121-55-71-41-23-11-24-42-71)101-87(109)79(61-119-53-69-37-19-9-20-38-69)99-85(107)77(59-117-51-67-33-15-7-16-34-67)97-75-49-31-32-50-76(75)98-78(60-118-52-68-35-17-8-18-36-68)86(108)100-80(62-120-54-70-39-21-10-22-40-70)88(110)102-82(64-122-56-72-43-25-12-26-44-72)90(112)104-84(66-124-58-74-47-29-14-30-48-74)92(114)106-94(116)126-96(4,5)6/h7-30,33-48,75-84,97-98H,31-32,49-66H2,1-6H3,(H,99,107)(H,100,108)(H,101,109)(H,102,110)(H,103,111)(H,104,112)(H,105,113,115)(H,106,114,116)/t75-,76-,77+,78+,79-,80-,81+,82+,83-,84-/m1/s1. The Bertz CT molecular complexity index is 4330. The van der Waals surface area contributed by atoms with Crippen LogP contribution in [0.3, 0.4) is 0 Å². The normalized spacial score (nSPS) is 15.2. The summed E-state index contributed by atoms with van der Waals surface area (Å²) in [6.45, 7) is 6.57. The zero-order chi connectivity index (χ0) is 89.7. The molecule has 1 aliphatic rings. The van der Waals surface area contributed by atoms with Crippen molar-refractivity contribution in [2.45, 2.75) is 192 Å². The van der Waals surface area contributed by atoms with Crippen LogP contribution in [0.25, 0.3) is 0 Å². The van der Waals surface area contributed by atoms with Gasteiger partial charge in [0.2, 0.25) is 35.4 Å². The molecular weight excluding hydrogens is 1610 g/mol. The minimum absolute atomic E-state index is 0.00890. The van der Waals surface area contributed by atoms with E-state index in [4.69, 9.17) is 47.4 Å². The number of hydrogen-bond donors (Lipinski definition) is 10. The highest BCUT2D eigenvalue weighted by Crippen LogP contribution is 2.22. The first kappa shape index (κ1) is 97.9. The number of benzene rings is 8. The fraction of sp³-hybridized carbons (Fsp3) is 0.396. The lowest BCUT2D eigenvalue weighted by atomic mass is 9.89. The number of carbonyl (C=O) groups is 10. The first-order valence-corrected chi connectivity index (χ1v) is 42.2. The molecule has 30 heteroatoms. The van der Waals surface area contributed by atoms with Gasteiger partial charge in [-0.25, -0.2) is 9.59 Å². The van der Waals surface area contributed by atoms with Gasteiger partial charge in [-0.15, -0.1) is 0 Å². The van der Waals surface area contributed by atoms with Crippen molar-refractivity contribution in [1.29, 1.82) is 0 Å². The third kappa shape index (κ3) is 37.1. The number of carbonyl (C=O) groups excluding carboxylic acids is 10. The van der Waals surface area contributed by atoms with Crippen LogP contribution in [0, 0.1) is 0 Å². The molecule has 0 aromatic heterocycles. The summed E-state index contributed by atoms with van der Waals surface area (Å²) in [5.41, 5.74) is 4.03. The predicted octanol–water partition coefficient (Wildman–Crippen LogP) is 8.96. The number of alkyl carbamates (subject to hydrolysis) is 2. The molecule has 9 rings (SSSR count). The van der Waals surface area contributed by atoms with Gasteiger partial charge < -0.3 is 79.3 Å². The fourth-order valence-corrected chi connectivity index (χ4v) is 13.1. The highest BCUT2D eigenvalue weighted by molar-refractivity contribution is 6.00. The van der Waals surface area contributed by atoms with Crippen LogP contribution < -0.4 is 53.2 Å². The van der Waals surface area contributed by atoms with Gasteiger partial charge in [-0.3, -0.25) is 59.6 Å². The molecule has 1 saturated carbocycles. The molecule has 0 bridgehead atoms. The van der Waals surface area contributed by atoms with E-state index in [2.05, 4.69) is 53.2 Å². The number of rotatable bonds is 50. The van der Waals surface area contributed by atoms with Gasteiger partial charge in [0, 0.05) is 12.1 Å². The van der Waals surface area contributed by atoms with Crippen molar-refractivity contribution in [2.75, 3.05) is 52.9 Å². The lowest BCUT2D eigenvalue weighted by molar-refractivity contribution is -0.137. The van der Waals surface area contributed by atoms with Gasteiger partial charge >= 0.3 is 12.2 Å². The minimum Gasteiger partial charge on any atom is -0.444 e. The smallest absolute Gasteiger partial charge is 0.414 e. The molecule has 8 aromatic rings. The van der Waals surface area contributed by atoms with Crippen molar-refractivity contribution in [2.24, 2.45) is 0 Å². The van der Waals surface area contributed by atoms with E-state index >= 15 is 19.2 Å². The molecule has 0 aliphatic heterocycles. The maximum atomic E-state index is 15.6.